The number of aryl methyl sites for hydroxylation is 1. The molecule has 1 aromatic carbocycles. The van der Waals surface area contributed by atoms with Crippen LogP contribution in [0.1, 0.15) is 54.4 Å². The van der Waals surface area contributed by atoms with Crippen LogP contribution in [0.2, 0.25) is 0 Å². The molecule has 0 aliphatic heterocycles. The number of unbranched alkanes of at least 4 members (excludes halogenated alkanes) is 3. The van der Waals surface area contributed by atoms with Gasteiger partial charge in [0, 0.05) is 24.2 Å². The van der Waals surface area contributed by atoms with E-state index in [9.17, 15) is 9.18 Å². The van der Waals surface area contributed by atoms with Crippen molar-refractivity contribution in [1.82, 2.24) is 9.88 Å². The topological polar surface area (TPSA) is 47.2 Å². The second-order valence-electron chi connectivity index (χ2n) is 6.63. The van der Waals surface area contributed by atoms with Crippen molar-refractivity contribution in [3.8, 4) is 0 Å². The van der Waals surface area contributed by atoms with Crippen molar-refractivity contribution < 1.29 is 13.6 Å². The van der Waals surface area contributed by atoms with E-state index >= 15 is 0 Å². The summed E-state index contributed by atoms with van der Waals surface area (Å²) in [5, 5.41) is 2.97. The number of carbonyl (C=O) groups is 1. The lowest BCUT2D eigenvalue weighted by Gasteiger charge is -2.11. The SMILES string of the molecule is CCCCCCNC(=O)c1cc2oc(C)cc2n1Cc1ccccc1F. The average molecular weight is 356 g/mol. The third-order valence-corrected chi connectivity index (χ3v) is 4.55. The lowest BCUT2D eigenvalue weighted by atomic mass is 10.2. The number of benzene rings is 1. The van der Waals surface area contributed by atoms with Gasteiger partial charge in [0.2, 0.25) is 0 Å². The average Bonchev–Trinajstić information content (AvgIpc) is 3.13. The summed E-state index contributed by atoms with van der Waals surface area (Å²) in [6.07, 6.45) is 4.40. The summed E-state index contributed by atoms with van der Waals surface area (Å²) in [5.74, 6) is 0.339. The number of amides is 1. The summed E-state index contributed by atoms with van der Waals surface area (Å²) in [6, 6.07) is 10.3. The number of nitrogens with one attached hydrogen (secondary N) is 1. The highest BCUT2D eigenvalue weighted by atomic mass is 19.1. The third kappa shape index (κ3) is 3.98. The van der Waals surface area contributed by atoms with Crippen molar-refractivity contribution in [3.63, 3.8) is 0 Å². The molecule has 26 heavy (non-hydrogen) atoms. The normalized spacial score (nSPS) is 11.2. The molecule has 2 aromatic heterocycles. The van der Waals surface area contributed by atoms with Gasteiger partial charge in [-0.15, -0.1) is 0 Å². The van der Waals surface area contributed by atoms with Crippen LogP contribution in [0.3, 0.4) is 0 Å². The van der Waals surface area contributed by atoms with Gasteiger partial charge in [0.1, 0.15) is 17.3 Å². The molecule has 1 N–H and O–H groups in total. The van der Waals surface area contributed by atoms with Gasteiger partial charge in [0.15, 0.2) is 5.58 Å². The molecule has 138 valence electrons. The molecule has 0 aliphatic rings. The van der Waals surface area contributed by atoms with Crippen LogP contribution in [0, 0.1) is 12.7 Å². The molecular formula is C21H25FN2O2. The van der Waals surface area contributed by atoms with Crippen molar-refractivity contribution in [2.75, 3.05) is 6.54 Å². The van der Waals surface area contributed by atoms with E-state index in [0.717, 1.165) is 30.5 Å². The van der Waals surface area contributed by atoms with Crippen molar-refractivity contribution in [1.29, 1.82) is 0 Å². The lowest BCUT2D eigenvalue weighted by Crippen LogP contribution is -2.27. The minimum absolute atomic E-state index is 0.151. The predicted molar refractivity (Wildman–Crippen MR) is 101 cm³/mol. The smallest absolute Gasteiger partial charge is 0.268 e. The third-order valence-electron chi connectivity index (χ3n) is 4.55. The maximum Gasteiger partial charge on any atom is 0.268 e. The van der Waals surface area contributed by atoms with Crippen LogP contribution in [0.5, 0.6) is 0 Å². The first-order chi connectivity index (χ1) is 12.6. The zero-order valence-corrected chi connectivity index (χ0v) is 15.3. The summed E-state index contributed by atoms with van der Waals surface area (Å²) >= 11 is 0. The standard InChI is InChI=1S/C21H25FN2O2/c1-3-4-5-8-11-23-21(25)19-13-20-18(12-15(2)26-20)24(19)14-16-9-6-7-10-17(16)22/h6-7,9-10,12-13H,3-5,8,11,14H2,1-2H3,(H,23,25). The van der Waals surface area contributed by atoms with Crippen molar-refractivity contribution in [2.24, 2.45) is 0 Å². The number of nitrogens with zero attached hydrogens (tertiary/aromatic N) is 1. The molecule has 3 rings (SSSR count). The monoisotopic (exact) mass is 356 g/mol. The maximum absolute atomic E-state index is 14.1. The van der Waals surface area contributed by atoms with Gasteiger partial charge in [-0.2, -0.15) is 0 Å². The van der Waals surface area contributed by atoms with Crippen LogP contribution in [0.25, 0.3) is 11.1 Å². The van der Waals surface area contributed by atoms with Gasteiger partial charge in [-0.05, 0) is 19.4 Å². The van der Waals surface area contributed by atoms with Crippen LogP contribution in [-0.2, 0) is 6.54 Å². The Morgan fingerprint density at radius 2 is 2.00 bits per heavy atom. The van der Waals surface area contributed by atoms with Crippen LogP contribution < -0.4 is 5.32 Å². The highest BCUT2D eigenvalue weighted by Gasteiger charge is 2.19. The van der Waals surface area contributed by atoms with Gasteiger partial charge >= 0.3 is 0 Å². The summed E-state index contributed by atoms with van der Waals surface area (Å²) in [7, 11) is 0. The van der Waals surface area contributed by atoms with E-state index < -0.39 is 0 Å². The van der Waals surface area contributed by atoms with Crippen LogP contribution >= 0.6 is 0 Å². The molecule has 0 radical (unpaired) electrons. The predicted octanol–water partition coefficient (Wildman–Crippen LogP) is 5.04. The molecule has 0 bridgehead atoms. The Labute approximate surface area is 153 Å². The molecule has 0 spiro atoms. The second kappa shape index (κ2) is 8.21. The molecule has 0 atom stereocenters. The molecule has 2 heterocycles. The molecule has 0 saturated carbocycles. The first kappa shape index (κ1) is 18.2. The van der Waals surface area contributed by atoms with E-state index in [1.54, 1.807) is 24.3 Å². The molecule has 0 unspecified atom stereocenters. The minimum Gasteiger partial charge on any atom is -0.460 e. The first-order valence-electron chi connectivity index (χ1n) is 9.21. The number of rotatable bonds is 8. The number of aromatic nitrogens is 1. The highest BCUT2D eigenvalue weighted by Crippen LogP contribution is 2.25. The van der Waals surface area contributed by atoms with Gasteiger partial charge in [-0.1, -0.05) is 44.4 Å². The van der Waals surface area contributed by atoms with Gasteiger partial charge in [-0.25, -0.2) is 4.39 Å². The van der Waals surface area contributed by atoms with E-state index in [1.807, 2.05) is 17.6 Å². The maximum atomic E-state index is 14.1. The van der Waals surface area contributed by atoms with Crippen LogP contribution in [0.15, 0.2) is 40.8 Å². The number of furan rings is 1. The van der Waals surface area contributed by atoms with E-state index in [0.29, 0.717) is 23.4 Å². The number of carbonyl (C=O) groups excluding carboxylic acids is 1. The van der Waals surface area contributed by atoms with Gasteiger partial charge < -0.3 is 14.3 Å². The van der Waals surface area contributed by atoms with Crippen LogP contribution in [-0.4, -0.2) is 17.0 Å². The Balaban J connectivity index is 1.84. The summed E-state index contributed by atoms with van der Waals surface area (Å²) in [4.78, 5) is 12.7. The molecule has 0 saturated heterocycles. The summed E-state index contributed by atoms with van der Waals surface area (Å²) in [6.45, 7) is 4.95. The minimum atomic E-state index is -0.277. The van der Waals surface area contributed by atoms with E-state index in [-0.39, 0.29) is 18.3 Å². The lowest BCUT2D eigenvalue weighted by molar-refractivity contribution is 0.0944. The molecule has 1 amide bonds. The molecular weight excluding hydrogens is 331 g/mol. The molecule has 3 aromatic rings. The first-order valence-corrected chi connectivity index (χ1v) is 9.21. The van der Waals surface area contributed by atoms with E-state index in [4.69, 9.17) is 4.42 Å². The van der Waals surface area contributed by atoms with Gasteiger partial charge in [0.05, 0.1) is 12.1 Å². The fraction of sp³-hybridized carbons (Fsp3) is 0.381. The summed E-state index contributed by atoms with van der Waals surface area (Å²) < 4.78 is 21.6. The Bertz CT molecular complexity index is 895. The largest absolute Gasteiger partial charge is 0.460 e. The van der Waals surface area contributed by atoms with Crippen molar-refractivity contribution in [2.45, 2.75) is 46.1 Å². The highest BCUT2D eigenvalue weighted by molar-refractivity contribution is 5.97. The second-order valence-corrected chi connectivity index (χ2v) is 6.63. The Hall–Kier alpha value is -2.56. The van der Waals surface area contributed by atoms with Crippen molar-refractivity contribution >= 4 is 17.0 Å². The number of hydrogen-bond donors (Lipinski definition) is 1. The summed E-state index contributed by atoms with van der Waals surface area (Å²) in [5.41, 5.74) is 2.50. The number of hydrogen-bond acceptors (Lipinski definition) is 2. The quantitative estimate of drug-likeness (QED) is 0.575. The Morgan fingerprint density at radius 3 is 2.77 bits per heavy atom. The Morgan fingerprint density at radius 1 is 1.19 bits per heavy atom. The molecule has 4 nitrogen and oxygen atoms in total. The zero-order valence-electron chi connectivity index (χ0n) is 15.3. The van der Waals surface area contributed by atoms with E-state index in [2.05, 4.69) is 12.2 Å². The fourth-order valence-corrected chi connectivity index (χ4v) is 3.16. The van der Waals surface area contributed by atoms with E-state index in [1.165, 1.54) is 12.5 Å². The van der Waals surface area contributed by atoms with Crippen molar-refractivity contribution in [3.05, 3.63) is 59.2 Å². The molecule has 0 fully saturated rings. The molecule has 5 heteroatoms. The molecule has 0 aliphatic carbocycles. The van der Waals surface area contributed by atoms with Crippen LogP contribution in [0.4, 0.5) is 4.39 Å². The zero-order chi connectivity index (χ0) is 18.5. The number of halogens is 1. The Kier molecular flexibility index (Phi) is 5.76. The fourth-order valence-electron chi connectivity index (χ4n) is 3.16. The van der Waals surface area contributed by atoms with Gasteiger partial charge in [0.25, 0.3) is 5.91 Å². The van der Waals surface area contributed by atoms with Gasteiger partial charge in [-0.3, -0.25) is 4.79 Å². The number of fused-ring (bicyclic) bond motifs is 1.